The third-order valence-corrected chi connectivity index (χ3v) is 0.825. The smallest absolute Gasteiger partial charge is 0.0490 e. The topological polar surface area (TPSA) is 0 Å². The molecule has 0 spiro atoms. The fraction of sp³-hybridized carbons (Fsp3) is 0.429. The monoisotopic (exact) mass is 130 g/mol. The number of hydrogen-bond acceptors (Lipinski definition) is 0. The fourth-order valence-electron chi connectivity index (χ4n) is 0.328. The van der Waals surface area contributed by atoms with Gasteiger partial charge in [-0.05, 0) is 13.8 Å². The molecule has 0 fully saturated rings. The van der Waals surface area contributed by atoms with Gasteiger partial charge < -0.3 is 0 Å². The van der Waals surface area contributed by atoms with Crippen molar-refractivity contribution in [3.05, 3.63) is 24.3 Å². The van der Waals surface area contributed by atoms with E-state index < -0.39 is 0 Å². The number of allylic oxidation sites excluding steroid dienone is 4. The molecule has 0 aliphatic rings. The summed E-state index contributed by atoms with van der Waals surface area (Å²) >= 11 is 5.59. The first-order valence-corrected chi connectivity index (χ1v) is 3.14. The minimum absolute atomic E-state index is 0.145. The molecule has 0 heterocycles. The number of hydrogen-bond donors (Lipinski definition) is 0. The first-order valence-electron chi connectivity index (χ1n) is 2.71. The molecule has 0 saturated heterocycles. The van der Waals surface area contributed by atoms with Crippen LogP contribution in [-0.2, 0) is 0 Å². The second kappa shape index (κ2) is 4.92. The van der Waals surface area contributed by atoms with Gasteiger partial charge in [-0.15, -0.1) is 11.6 Å². The van der Waals surface area contributed by atoms with Gasteiger partial charge >= 0.3 is 0 Å². The van der Waals surface area contributed by atoms with Gasteiger partial charge in [-0.25, -0.2) is 0 Å². The maximum absolute atomic E-state index is 5.59. The van der Waals surface area contributed by atoms with Gasteiger partial charge in [0, 0.05) is 5.38 Å². The minimum atomic E-state index is 0.145. The van der Waals surface area contributed by atoms with Crippen molar-refractivity contribution in [2.45, 2.75) is 19.2 Å². The molecular weight excluding hydrogens is 120 g/mol. The normalized spacial score (nSPS) is 15.9. The first kappa shape index (κ1) is 7.77. The number of halogens is 1. The predicted molar refractivity (Wildman–Crippen MR) is 39.3 cm³/mol. The molecule has 0 radical (unpaired) electrons. The lowest BCUT2D eigenvalue weighted by Crippen LogP contribution is -1.78. The van der Waals surface area contributed by atoms with Crippen LogP contribution in [0.25, 0.3) is 0 Å². The molecule has 0 aromatic rings. The van der Waals surface area contributed by atoms with Crippen molar-refractivity contribution in [2.75, 3.05) is 0 Å². The van der Waals surface area contributed by atoms with Crippen molar-refractivity contribution in [3.63, 3.8) is 0 Å². The van der Waals surface area contributed by atoms with Crippen molar-refractivity contribution in [1.29, 1.82) is 0 Å². The van der Waals surface area contributed by atoms with E-state index in [1.54, 1.807) is 0 Å². The van der Waals surface area contributed by atoms with Crippen LogP contribution < -0.4 is 0 Å². The molecule has 1 atom stereocenters. The maximum Gasteiger partial charge on any atom is 0.0490 e. The summed E-state index contributed by atoms with van der Waals surface area (Å²) in [7, 11) is 0. The standard InChI is InChI=1S/C7H11Cl/c1-3-4-5-6-7(2)8/h3-7H,1-2H3/b4-3+,6-5+/t7-/m1/s1. The molecular formula is C7H11Cl. The highest BCUT2D eigenvalue weighted by atomic mass is 35.5. The van der Waals surface area contributed by atoms with Crippen LogP contribution in [0.15, 0.2) is 24.3 Å². The van der Waals surface area contributed by atoms with Gasteiger partial charge in [0.1, 0.15) is 0 Å². The van der Waals surface area contributed by atoms with Gasteiger partial charge in [0.05, 0.1) is 0 Å². The van der Waals surface area contributed by atoms with Gasteiger partial charge in [-0.3, -0.25) is 0 Å². The van der Waals surface area contributed by atoms with E-state index in [9.17, 15) is 0 Å². The zero-order chi connectivity index (χ0) is 6.41. The summed E-state index contributed by atoms with van der Waals surface area (Å²) in [6, 6.07) is 0. The largest absolute Gasteiger partial charge is 0.119 e. The Bertz CT molecular complexity index is 90.6. The molecule has 0 bridgehead atoms. The van der Waals surface area contributed by atoms with E-state index >= 15 is 0 Å². The summed E-state index contributed by atoms with van der Waals surface area (Å²) in [5, 5.41) is 0.145. The van der Waals surface area contributed by atoms with Gasteiger partial charge in [-0.1, -0.05) is 24.3 Å². The zero-order valence-electron chi connectivity index (χ0n) is 5.26. The van der Waals surface area contributed by atoms with Crippen molar-refractivity contribution in [1.82, 2.24) is 0 Å². The molecule has 0 aromatic carbocycles. The minimum Gasteiger partial charge on any atom is -0.119 e. The van der Waals surface area contributed by atoms with E-state index in [0.29, 0.717) is 0 Å². The maximum atomic E-state index is 5.59. The van der Waals surface area contributed by atoms with Crippen LogP contribution in [0.5, 0.6) is 0 Å². The molecule has 0 unspecified atom stereocenters. The van der Waals surface area contributed by atoms with Crippen LogP contribution in [0.3, 0.4) is 0 Å². The summed E-state index contributed by atoms with van der Waals surface area (Å²) in [4.78, 5) is 0. The summed E-state index contributed by atoms with van der Waals surface area (Å²) in [5.41, 5.74) is 0. The van der Waals surface area contributed by atoms with E-state index in [-0.39, 0.29) is 5.38 Å². The molecule has 8 heavy (non-hydrogen) atoms. The summed E-state index contributed by atoms with van der Waals surface area (Å²) in [6.07, 6.45) is 7.80. The molecule has 0 saturated carbocycles. The Labute approximate surface area is 55.9 Å². The van der Waals surface area contributed by atoms with Crippen LogP contribution in [0.4, 0.5) is 0 Å². The summed E-state index contributed by atoms with van der Waals surface area (Å²) < 4.78 is 0. The molecule has 0 amide bonds. The quantitative estimate of drug-likeness (QED) is 0.398. The highest BCUT2D eigenvalue weighted by Crippen LogP contribution is 1.93. The summed E-state index contributed by atoms with van der Waals surface area (Å²) in [5.74, 6) is 0. The molecule has 0 N–H and O–H groups in total. The SMILES string of the molecule is C/C=C/C=C/[C@@H](C)Cl. The van der Waals surface area contributed by atoms with Crippen molar-refractivity contribution >= 4 is 11.6 Å². The average Bonchev–Trinajstić information content (AvgIpc) is 1.66. The fourth-order valence-corrected chi connectivity index (χ4v) is 0.412. The van der Waals surface area contributed by atoms with Gasteiger partial charge in [0.15, 0.2) is 0 Å². The van der Waals surface area contributed by atoms with Crippen LogP contribution >= 0.6 is 11.6 Å². The Hall–Kier alpha value is -0.230. The third-order valence-electron chi connectivity index (χ3n) is 0.680. The Morgan fingerprint density at radius 2 is 2.00 bits per heavy atom. The van der Waals surface area contributed by atoms with Crippen molar-refractivity contribution in [2.24, 2.45) is 0 Å². The number of rotatable bonds is 2. The van der Waals surface area contributed by atoms with E-state index in [0.717, 1.165) is 0 Å². The van der Waals surface area contributed by atoms with Crippen LogP contribution in [0, 0.1) is 0 Å². The second-order valence-corrected chi connectivity index (χ2v) is 2.28. The molecule has 0 aliphatic heterocycles. The Morgan fingerprint density at radius 1 is 1.38 bits per heavy atom. The van der Waals surface area contributed by atoms with E-state index in [1.165, 1.54) is 0 Å². The zero-order valence-corrected chi connectivity index (χ0v) is 6.02. The van der Waals surface area contributed by atoms with Crippen molar-refractivity contribution < 1.29 is 0 Å². The van der Waals surface area contributed by atoms with Crippen LogP contribution in [0.2, 0.25) is 0 Å². The van der Waals surface area contributed by atoms with E-state index in [4.69, 9.17) is 11.6 Å². The predicted octanol–water partition coefficient (Wildman–Crippen LogP) is 2.75. The van der Waals surface area contributed by atoms with Gasteiger partial charge in [0.25, 0.3) is 0 Å². The lowest BCUT2D eigenvalue weighted by molar-refractivity contribution is 1.23. The molecule has 1 heteroatoms. The Balaban J connectivity index is 3.34. The molecule has 0 aliphatic carbocycles. The van der Waals surface area contributed by atoms with Crippen LogP contribution in [-0.4, -0.2) is 5.38 Å². The van der Waals surface area contributed by atoms with Crippen molar-refractivity contribution in [3.8, 4) is 0 Å². The lowest BCUT2D eigenvalue weighted by atomic mass is 10.4. The molecule has 0 nitrogen and oxygen atoms in total. The lowest BCUT2D eigenvalue weighted by Gasteiger charge is -1.85. The van der Waals surface area contributed by atoms with Gasteiger partial charge in [-0.2, -0.15) is 0 Å². The average molecular weight is 131 g/mol. The highest BCUT2D eigenvalue weighted by Gasteiger charge is 1.80. The van der Waals surface area contributed by atoms with Crippen LogP contribution in [0.1, 0.15) is 13.8 Å². The third kappa shape index (κ3) is 5.77. The molecule has 0 aromatic heterocycles. The summed E-state index contributed by atoms with van der Waals surface area (Å²) in [6.45, 7) is 3.91. The van der Waals surface area contributed by atoms with E-state index in [2.05, 4.69) is 0 Å². The second-order valence-electron chi connectivity index (χ2n) is 1.59. The number of alkyl halides is 1. The van der Waals surface area contributed by atoms with E-state index in [1.807, 2.05) is 38.2 Å². The molecule has 46 valence electrons. The Morgan fingerprint density at radius 3 is 2.38 bits per heavy atom. The first-order chi connectivity index (χ1) is 3.77. The Kier molecular flexibility index (Phi) is 4.78. The van der Waals surface area contributed by atoms with Gasteiger partial charge in [0.2, 0.25) is 0 Å². The molecule has 0 rings (SSSR count). The highest BCUT2D eigenvalue weighted by molar-refractivity contribution is 6.21.